The lowest BCUT2D eigenvalue weighted by Gasteiger charge is -2.30. The molecular weight excluding hydrogens is 455 g/mol. The second kappa shape index (κ2) is 9.35. The Hall–Kier alpha value is -2.97. The number of piperidine rings is 1. The lowest BCUT2D eigenvalue weighted by molar-refractivity contribution is 0.0947. The van der Waals surface area contributed by atoms with Crippen molar-refractivity contribution in [1.82, 2.24) is 25.0 Å². The van der Waals surface area contributed by atoms with Gasteiger partial charge in [0.15, 0.2) is 0 Å². The number of pyridine rings is 1. The van der Waals surface area contributed by atoms with E-state index in [2.05, 4.69) is 32.7 Å². The molecule has 0 bridgehead atoms. The number of nitrogens with one attached hydrogen (secondary N) is 2. The normalized spacial score (nSPS) is 17.1. The Labute approximate surface area is 203 Å². The Kier molecular flexibility index (Phi) is 6.27. The highest BCUT2D eigenvalue weighted by Crippen LogP contribution is 2.31. The second-order valence-corrected chi connectivity index (χ2v) is 9.68. The summed E-state index contributed by atoms with van der Waals surface area (Å²) in [6, 6.07) is 5.46. The molecule has 2 aliphatic rings. The highest BCUT2D eigenvalue weighted by Gasteiger charge is 2.26. The van der Waals surface area contributed by atoms with Crippen molar-refractivity contribution in [3.05, 3.63) is 58.9 Å². The van der Waals surface area contributed by atoms with Gasteiger partial charge in [0.25, 0.3) is 5.91 Å². The van der Waals surface area contributed by atoms with E-state index in [1.807, 2.05) is 12.3 Å². The van der Waals surface area contributed by atoms with Gasteiger partial charge in [-0.25, -0.2) is 14.1 Å². The van der Waals surface area contributed by atoms with Crippen LogP contribution in [0.1, 0.15) is 41.6 Å². The number of hydrogen-bond acceptors (Lipinski definition) is 5. The van der Waals surface area contributed by atoms with E-state index in [0.717, 1.165) is 55.6 Å². The SMILES string of the molecule is Cc1cc(F)c(C(=O)NC2CC2)cc1-n1cc(-c2cc(NC3CCN(C)CC3)cnc2Cl)cn1. The summed E-state index contributed by atoms with van der Waals surface area (Å²) in [5, 5.41) is 11.3. The fraction of sp³-hybridized carbons (Fsp3) is 0.400. The van der Waals surface area contributed by atoms with E-state index in [1.54, 1.807) is 30.1 Å². The fourth-order valence-corrected chi connectivity index (χ4v) is 4.50. The van der Waals surface area contributed by atoms with Crippen LogP contribution in [0.5, 0.6) is 0 Å². The van der Waals surface area contributed by atoms with Crippen molar-refractivity contribution in [3.63, 3.8) is 0 Å². The average molecular weight is 483 g/mol. The van der Waals surface area contributed by atoms with Crippen LogP contribution in [-0.2, 0) is 0 Å². The number of nitrogens with zero attached hydrogens (tertiary/aromatic N) is 4. The van der Waals surface area contributed by atoms with Gasteiger partial charge in [-0.05, 0) is 76.5 Å². The molecule has 3 aromatic rings. The first-order valence-electron chi connectivity index (χ1n) is 11.6. The van der Waals surface area contributed by atoms with Gasteiger partial charge in [-0.1, -0.05) is 11.6 Å². The lowest BCUT2D eigenvalue weighted by atomic mass is 10.0. The van der Waals surface area contributed by atoms with Crippen LogP contribution in [-0.4, -0.2) is 57.8 Å². The smallest absolute Gasteiger partial charge is 0.254 e. The van der Waals surface area contributed by atoms with Crippen molar-refractivity contribution in [2.75, 3.05) is 25.5 Å². The van der Waals surface area contributed by atoms with Gasteiger partial charge in [0, 0.05) is 29.4 Å². The highest BCUT2D eigenvalue weighted by atomic mass is 35.5. The number of aromatic nitrogens is 3. The molecule has 0 spiro atoms. The van der Waals surface area contributed by atoms with Crippen molar-refractivity contribution >= 4 is 23.2 Å². The van der Waals surface area contributed by atoms with Crippen LogP contribution in [0, 0.1) is 12.7 Å². The molecule has 5 rings (SSSR count). The first kappa shape index (κ1) is 22.8. The predicted octanol–water partition coefficient (Wildman–Crippen LogP) is 4.43. The molecule has 1 amide bonds. The first-order valence-corrected chi connectivity index (χ1v) is 12.0. The molecule has 0 unspecified atom stereocenters. The molecule has 0 radical (unpaired) electrons. The Morgan fingerprint density at radius 2 is 1.88 bits per heavy atom. The van der Waals surface area contributed by atoms with Gasteiger partial charge in [-0.15, -0.1) is 0 Å². The van der Waals surface area contributed by atoms with E-state index in [9.17, 15) is 9.18 Å². The zero-order valence-electron chi connectivity index (χ0n) is 19.3. The third kappa shape index (κ3) is 4.93. The van der Waals surface area contributed by atoms with Crippen molar-refractivity contribution in [3.8, 4) is 16.8 Å². The largest absolute Gasteiger partial charge is 0.381 e. The molecule has 178 valence electrons. The number of carbonyl (C=O) groups is 1. The first-order chi connectivity index (χ1) is 16.4. The number of rotatable bonds is 6. The molecule has 2 N–H and O–H groups in total. The molecule has 34 heavy (non-hydrogen) atoms. The van der Waals surface area contributed by atoms with E-state index < -0.39 is 11.7 Å². The maximum Gasteiger partial charge on any atom is 0.254 e. The molecular formula is C25H28ClFN6O. The average Bonchev–Trinajstić information content (AvgIpc) is 3.49. The Balaban J connectivity index is 1.40. The monoisotopic (exact) mass is 482 g/mol. The van der Waals surface area contributed by atoms with Gasteiger partial charge >= 0.3 is 0 Å². The highest BCUT2D eigenvalue weighted by molar-refractivity contribution is 6.32. The number of carbonyl (C=O) groups excluding carboxylic acids is 1. The number of halogens is 2. The summed E-state index contributed by atoms with van der Waals surface area (Å²) in [4.78, 5) is 19.2. The standard InChI is InChI=1S/C25H28ClFN6O/c1-15-9-22(27)21(25(34)31-17-3-4-17)11-23(15)33-14-16(12-29-33)20-10-19(13-28-24(20)26)30-18-5-7-32(2)8-6-18/h9-14,17-18,30H,3-8H2,1-2H3,(H,31,34). The molecule has 0 atom stereocenters. The van der Waals surface area contributed by atoms with E-state index in [-0.39, 0.29) is 11.6 Å². The molecule has 3 heterocycles. The predicted molar refractivity (Wildman–Crippen MR) is 131 cm³/mol. The van der Waals surface area contributed by atoms with Crippen LogP contribution >= 0.6 is 11.6 Å². The number of benzene rings is 1. The molecule has 1 aliphatic heterocycles. The number of amides is 1. The lowest BCUT2D eigenvalue weighted by Crippen LogP contribution is -2.36. The van der Waals surface area contributed by atoms with Crippen LogP contribution in [0.4, 0.5) is 10.1 Å². The van der Waals surface area contributed by atoms with Gasteiger partial charge in [0.1, 0.15) is 11.0 Å². The van der Waals surface area contributed by atoms with Crippen LogP contribution < -0.4 is 10.6 Å². The Morgan fingerprint density at radius 3 is 2.62 bits per heavy atom. The van der Waals surface area contributed by atoms with Gasteiger partial charge in [-0.2, -0.15) is 5.10 Å². The molecule has 1 aliphatic carbocycles. The van der Waals surface area contributed by atoms with Gasteiger partial charge in [-0.3, -0.25) is 4.79 Å². The van der Waals surface area contributed by atoms with Gasteiger partial charge < -0.3 is 15.5 Å². The molecule has 2 aromatic heterocycles. The number of hydrogen-bond donors (Lipinski definition) is 2. The summed E-state index contributed by atoms with van der Waals surface area (Å²) in [5.41, 5.74) is 3.80. The zero-order chi connectivity index (χ0) is 23.8. The van der Waals surface area contributed by atoms with E-state index >= 15 is 0 Å². The van der Waals surface area contributed by atoms with Crippen molar-refractivity contribution in [1.29, 1.82) is 0 Å². The summed E-state index contributed by atoms with van der Waals surface area (Å²) in [6.07, 6.45) is 9.31. The number of anilines is 1. The number of likely N-dealkylation sites (tertiary alicyclic amines) is 1. The van der Waals surface area contributed by atoms with Crippen LogP contribution in [0.15, 0.2) is 36.8 Å². The molecule has 2 fully saturated rings. The third-order valence-electron chi connectivity index (χ3n) is 6.51. The topological polar surface area (TPSA) is 75.1 Å². The van der Waals surface area contributed by atoms with E-state index in [1.165, 1.54) is 6.07 Å². The Bertz CT molecular complexity index is 1220. The van der Waals surface area contributed by atoms with Crippen LogP contribution in [0.2, 0.25) is 5.15 Å². The molecule has 9 heteroatoms. The maximum absolute atomic E-state index is 14.5. The summed E-state index contributed by atoms with van der Waals surface area (Å²) in [5.74, 6) is -0.930. The Morgan fingerprint density at radius 1 is 1.12 bits per heavy atom. The number of aryl methyl sites for hydroxylation is 1. The van der Waals surface area contributed by atoms with Crippen molar-refractivity contribution < 1.29 is 9.18 Å². The van der Waals surface area contributed by atoms with Crippen molar-refractivity contribution in [2.45, 2.75) is 44.7 Å². The second-order valence-electron chi connectivity index (χ2n) is 9.32. The quantitative estimate of drug-likeness (QED) is 0.508. The maximum atomic E-state index is 14.5. The minimum absolute atomic E-state index is 0.0218. The molecule has 1 aromatic carbocycles. The summed E-state index contributed by atoms with van der Waals surface area (Å²) >= 11 is 6.44. The van der Waals surface area contributed by atoms with Crippen LogP contribution in [0.3, 0.4) is 0 Å². The van der Waals surface area contributed by atoms with Gasteiger partial charge in [0.05, 0.1) is 29.3 Å². The summed E-state index contributed by atoms with van der Waals surface area (Å²) in [7, 11) is 2.14. The minimum Gasteiger partial charge on any atom is -0.381 e. The van der Waals surface area contributed by atoms with Crippen molar-refractivity contribution in [2.24, 2.45) is 0 Å². The molecule has 1 saturated carbocycles. The minimum atomic E-state index is -0.535. The summed E-state index contributed by atoms with van der Waals surface area (Å²) < 4.78 is 16.2. The molecule has 1 saturated heterocycles. The molecule has 7 nitrogen and oxygen atoms in total. The zero-order valence-corrected chi connectivity index (χ0v) is 20.1. The van der Waals surface area contributed by atoms with E-state index in [4.69, 9.17) is 11.6 Å². The van der Waals surface area contributed by atoms with E-state index in [0.29, 0.717) is 22.4 Å². The van der Waals surface area contributed by atoms with Crippen LogP contribution in [0.25, 0.3) is 16.8 Å². The third-order valence-corrected chi connectivity index (χ3v) is 6.81. The summed E-state index contributed by atoms with van der Waals surface area (Å²) in [6.45, 7) is 3.93. The fourth-order valence-electron chi connectivity index (χ4n) is 4.28. The van der Waals surface area contributed by atoms with Gasteiger partial charge in [0.2, 0.25) is 0 Å².